The van der Waals surface area contributed by atoms with E-state index in [1.54, 1.807) is 44.2 Å². The van der Waals surface area contributed by atoms with Crippen LogP contribution < -0.4 is 10.0 Å². The van der Waals surface area contributed by atoms with Gasteiger partial charge in [-0.15, -0.1) is 0 Å². The molecule has 0 aliphatic carbocycles. The maximum atomic E-state index is 12.0. The molecule has 0 saturated carbocycles. The zero-order valence-corrected chi connectivity index (χ0v) is 19.1. The first kappa shape index (κ1) is 25.8. The number of hydrogen-bond acceptors (Lipinski definition) is 5. The van der Waals surface area contributed by atoms with E-state index >= 15 is 0 Å². The molecule has 2 N–H and O–H groups in total. The zero-order valence-electron chi connectivity index (χ0n) is 18.3. The highest BCUT2D eigenvalue weighted by Crippen LogP contribution is 2.12. The first-order chi connectivity index (χ1) is 14.1. The summed E-state index contributed by atoms with van der Waals surface area (Å²) < 4.78 is 30.9. The van der Waals surface area contributed by atoms with Gasteiger partial charge in [-0.2, -0.15) is 0 Å². The van der Waals surface area contributed by atoms with Crippen LogP contribution in [0.15, 0.2) is 30.3 Å². The normalized spacial score (nSPS) is 12.8. The molecule has 0 aliphatic heterocycles. The van der Waals surface area contributed by atoms with E-state index < -0.39 is 15.3 Å². The number of nitrogens with one attached hydrogen (secondary N) is 2. The van der Waals surface area contributed by atoms with E-state index in [9.17, 15) is 18.0 Å². The summed E-state index contributed by atoms with van der Waals surface area (Å²) in [6.07, 6.45) is 5.52. The van der Waals surface area contributed by atoms with Gasteiger partial charge in [0.2, 0.25) is 15.9 Å². The first-order valence-electron chi connectivity index (χ1n) is 10.4. The molecule has 1 aromatic rings. The van der Waals surface area contributed by atoms with Crippen LogP contribution in [0.3, 0.4) is 0 Å². The predicted octanol–water partition coefficient (Wildman–Crippen LogP) is 3.73. The van der Waals surface area contributed by atoms with Gasteiger partial charge in [0, 0.05) is 24.7 Å². The van der Waals surface area contributed by atoms with E-state index in [0.29, 0.717) is 44.0 Å². The third-order valence-corrected chi connectivity index (χ3v) is 6.42. The van der Waals surface area contributed by atoms with Gasteiger partial charge in [0.15, 0.2) is 0 Å². The number of ether oxygens (including phenoxy) is 1. The van der Waals surface area contributed by atoms with Crippen molar-refractivity contribution in [1.29, 1.82) is 0 Å². The van der Waals surface area contributed by atoms with Gasteiger partial charge < -0.3 is 10.1 Å². The van der Waals surface area contributed by atoms with Crippen LogP contribution in [-0.4, -0.2) is 38.7 Å². The standard InChI is InChI=1S/C22H34N2O5S/c1-5-18(4)16-29-22(26)14-11-19-9-12-20(13-10-19)24-21(25)8-6-7-15-23-30(27,28)17(2)3/h9-14,17-18,23H,5-8,15-16H2,1-4H3,(H,24,25)/b14-11+. The van der Waals surface area contributed by atoms with Gasteiger partial charge in [0.25, 0.3) is 0 Å². The van der Waals surface area contributed by atoms with Gasteiger partial charge in [0.1, 0.15) is 0 Å². The lowest BCUT2D eigenvalue weighted by molar-refractivity contribution is -0.138. The Hall–Kier alpha value is -2.19. The van der Waals surface area contributed by atoms with E-state index in [1.807, 2.05) is 13.8 Å². The molecule has 0 radical (unpaired) electrons. The number of hydrogen-bond donors (Lipinski definition) is 2. The summed E-state index contributed by atoms with van der Waals surface area (Å²) >= 11 is 0. The molecule has 0 heterocycles. The summed E-state index contributed by atoms with van der Waals surface area (Å²) in [6.45, 7) is 8.06. The molecule has 7 nitrogen and oxygen atoms in total. The Morgan fingerprint density at radius 3 is 2.37 bits per heavy atom. The summed E-state index contributed by atoms with van der Waals surface area (Å²) in [4.78, 5) is 23.7. The lowest BCUT2D eigenvalue weighted by Crippen LogP contribution is -2.31. The molecule has 1 amide bonds. The summed E-state index contributed by atoms with van der Waals surface area (Å²) in [5.74, 6) is -0.156. The molecular weight excluding hydrogens is 404 g/mol. The largest absolute Gasteiger partial charge is 0.462 e. The average molecular weight is 439 g/mol. The summed E-state index contributed by atoms with van der Waals surface area (Å²) in [7, 11) is -3.26. The minimum atomic E-state index is -3.26. The Morgan fingerprint density at radius 2 is 1.77 bits per heavy atom. The van der Waals surface area contributed by atoms with Crippen molar-refractivity contribution in [3.05, 3.63) is 35.9 Å². The molecule has 168 valence electrons. The molecule has 1 atom stereocenters. The van der Waals surface area contributed by atoms with Crippen LogP contribution in [0, 0.1) is 5.92 Å². The predicted molar refractivity (Wildman–Crippen MR) is 120 cm³/mol. The highest BCUT2D eigenvalue weighted by atomic mass is 32.2. The number of rotatable bonds is 13. The number of carbonyl (C=O) groups is 2. The van der Waals surface area contributed by atoms with Crippen molar-refractivity contribution in [2.75, 3.05) is 18.5 Å². The van der Waals surface area contributed by atoms with Crippen LogP contribution in [0.1, 0.15) is 58.9 Å². The molecule has 8 heteroatoms. The van der Waals surface area contributed by atoms with Crippen LogP contribution in [0.25, 0.3) is 6.08 Å². The number of sulfonamides is 1. The average Bonchev–Trinajstić information content (AvgIpc) is 2.70. The number of benzene rings is 1. The number of esters is 1. The molecule has 1 unspecified atom stereocenters. The summed E-state index contributed by atoms with van der Waals surface area (Å²) in [5, 5.41) is 2.34. The monoisotopic (exact) mass is 438 g/mol. The highest BCUT2D eigenvalue weighted by molar-refractivity contribution is 7.90. The van der Waals surface area contributed by atoms with E-state index in [-0.39, 0.29) is 11.9 Å². The molecule has 0 aliphatic rings. The Kier molecular flexibility index (Phi) is 11.4. The molecule has 0 fully saturated rings. The van der Waals surface area contributed by atoms with Crippen molar-refractivity contribution >= 4 is 33.7 Å². The van der Waals surface area contributed by atoms with Crippen molar-refractivity contribution in [2.24, 2.45) is 5.92 Å². The number of unbranched alkanes of at least 4 members (excludes halogenated alkanes) is 1. The number of amides is 1. The molecular formula is C22H34N2O5S. The van der Waals surface area contributed by atoms with Gasteiger partial charge in [-0.1, -0.05) is 32.4 Å². The Balaban J connectivity index is 2.34. The quantitative estimate of drug-likeness (QED) is 0.278. The van der Waals surface area contributed by atoms with Crippen LogP contribution in [0.2, 0.25) is 0 Å². The van der Waals surface area contributed by atoms with Gasteiger partial charge in [0.05, 0.1) is 11.9 Å². The number of anilines is 1. The Bertz CT molecular complexity index is 801. The molecule has 0 bridgehead atoms. The summed E-state index contributed by atoms with van der Waals surface area (Å²) in [6, 6.07) is 7.13. The number of carbonyl (C=O) groups excluding carboxylic acids is 2. The maximum absolute atomic E-state index is 12.0. The second-order valence-electron chi connectivity index (χ2n) is 7.59. The van der Waals surface area contributed by atoms with E-state index in [1.165, 1.54) is 6.08 Å². The lowest BCUT2D eigenvalue weighted by Gasteiger charge is -2.09. The van der Waals surface area contributed by atoms with E-state index in [4.69, 9.17) is 4.74 Å². The first-order valence-corrected chi connectivity index (χ1v) is 11.9. The van der Waals surface area contributed by atoms with Gasteiger partial charge >= 0.3 is 5.97 Å². The molecule has 1 rings (SSSR count). The minimum absolute atomic E-state index is 0.126. The smallest absolute Gasteiger partial charge is 0.330 e. The van der Waals surface area contributed by atoms with Crippen molar-refractivity contribution in [3.8, 4) is 0 Å². The fourth-order valence-electron chi connectivity index (χ4n) is 2.25. The second-order valence-corrected chi connectivity index (χ2v) is 9.91. The Labute approximate surface area is 180 Å². The summed E-state index contributed by atoms with van der Waals surface area (Å²) in [5.41, 5.74) is 1.49. The van der Waals surface area contributed by atoms with Crippen molar-refractivity contribution in [3.63, 3.8) is 0 Å². The van der Waals surface area contributed by atoms with E-state index in [0.717, 1.165) is 12.0 Å². The highest BCUT2D eigenvalue weighted by Gasteiger charge is 2.14. The van der Waals surface area contributed by atoms with Crippen molar-refractivity contribution in [1.82, 2.24) is 4.72 Å². The van der Waals surface area contributed by atoms with Crippen molar-refractivity contribution < 1.29 is 22.7 Å². The molecule has 0 aromatic heterocycles. The fraction of sp³-hybridized carbons (Fsp3) is 0.545. The van der Waals surface area contributed by atoms with Crippen LogP contribution in [0.5, 0.6) is 0 Å². The second kappa shape index (κ2) is 13.2. The van der Waals surface area contributed by atoms with Gasteiger partial charge in [-0.05, 0) is 56.4 Å². The van der Waals surface area contributed by atoms with Gasteiger partial charge in [-0.3, -0.25) is 4.79 Å². The zero-order chi connectivity index (χ0) is 22.6. The topological polar surface area (TPSA) is 102 Å². The van der Waals surface area contributed by atoms with E-state index in [2.05, 4.69) is 10.0 Å². The minimum Gasteiger partial charge on any atom is -0.462 e. The molecule has 0 saturated heterocycles. The third-order valence-electron chi connectivity index (χ3n) is 4.57. The maximum Gasteiger partial charge on any atom is 0.330 e. The van der Waals surface area contributed by atoms with Crippen LogP contribution in [0.4, 0.5) is 5.69 Å². The molecule has 30 heavy (non-hydrogen) atoms. The van der Waals surface area contributed by atoms with Gasteiger partial charge in [-0.25, -0.2) is 17.9 Å². The fourth-order valence-corrected chi connectivity index (χ4v) is 3.01. The third kappa shape index (κ3) is 10.5. The Morgan fingerprint density at radius 1 is 1.10 bits per heavy atom. The SMILES string of the molecule is CCC(C)COC(=O)/C=C/c1ccc(NC(=O)CCCCNS(=O)(=O)C(C)C)cc1. The molecule has 0 spiro atoms. The van der Waals surface area contributed by atoms with Crippen LogP contribution in [-0.2, 0) is 24.3 Å². The van der Waals surface area contributed by atoms with Crippen LogP contribution >= 0.6 is 0 Å². The van der Waals surface area contributed by atoms with Crippen molar-refractivity contribution in [2.45, 2.75) is 58.6 Å². The molecule has 1 aromatic carbocycles. The lowest BCUT2D eigenvalue weighted by atomic mass is 10.1.